The third kappa shape index (κ3) is 4.42. The van der Waals surface area contributed by atoms with E-state index in [1.165, 1.54) is 0 Å². The molecule has 23 heavy (non-hydrogen) atoms. The van der Waals surface area contributed by atoms with Crippen LogP contribution in [-0.4, -0.2) is 26.8 Å². The van der Waals surface area contributed by atoms with Crippen molar-refractivity contribution < 1.29 is 14.7 Å². The van der Waals surface area contributed by atoms with Gasteiger partial charge < -0.3 is 10.4 Å². The molecule has 0 unspecified atom stereocenters. The Morgan fingerprint density at radius 2 is 1.87 bits per heavy atom. The van der Waals surface area contributed by atoms with Gasteiger partial charge in [-0.05, 0) is 25.0 Å². The van der Waals surface area contributed by atoms with E-state index in [2.05, 4.69) is 10.4 Å². The van der Waals surface area contributed by atoms with Crippen LogP contribution in [0.25, 0.3) is 5.69 Å². The maximum atomic E-state index is 11.9. The molecule has 1 amide bonds. The molecule has 2 rings (SSSR count). The Morgan fingerprint density at radius 3 is 2.43 bits per heavy atom. The number of carboxylic acids is 1. The summed E-state index contributed by atoms with van der Waals surface area (Å²) in [7, 11) is 0. The van der Waals surface area contributed by atoms with E-state index in [0.29, 0.717) is 5.82 Å². The van der Waals surface area contributed by atoms with Crippen molar-refractivity contribution in [3.63, 3.8) is 0 Å². The zero-order valence-electron chi connectivity index (χ0n) is 13.5. The molecule has 0 bridgehead atoms. The fourth-order valence-electron chi connectivity index (χ4n) is 2.08. The molecule has 0 saturated heterocycles. The SMILES string of the molecule is Cc1ccc(-n2nc(C(C)C)cc2NC(=O)CCC(=O)O)cc1. The lowest BCUT2D eigenvalue weighted by Gasteiger charge is -2.09. The highest BCUT2D eigenvalue weighted by Crippen LogP contribution is 2.22. The molecule has 0 spiro atoms. The summed E-state index contributed by atoms with van der Waals surface area (Å²) in [5.41, 5.74) is 2.84. The Kier molecular flexibility index (Phi) is 5.16. The number of aryl methyl sites for hydroxylation is 1. The Morgan fingerprint density at radius 1 is 1.22 bits per heavy atom. The maximum Gasteiger partial charge on any atom is 0.303 e. The van der Waals surface area contributed by atoms with E-state index in [1.807, 2.05) is 51.1 Å². The van der Waals surface area contributed by atoms with E-state index < -0.39 is 5.97 Å². The summed E-state index contributed by atoms with van der Waals surface area (Å²) in [6.45, 7) is 6.05. The number of aliphatic carboxylic acids is 1. The van der Waals surface area contributed by atoms with E-state index in [0.717, 1.165) is 16.9 Å². The van der Waals surface area contributed by atoms with Crippen LogP contribution in [0.1, 0.15) is 43.9 Å². The molecule has 2 aromatic rings. The maximum absolute atomic E-state index is 11.9. The van der Waals surface area contributed by atoms with Gasteiger partial charge in [-0.25, -0.2) is 4.68 Å². The summed E-state index contributed by atoms with van der Waals surface area (Å²) in [6.07, 6.45) is -0.257. The van der Waals surface area contributed by atoms with Crippen molar-refractivity contribution in [2.24, 2.45) is 0 Å². The first kappa shape index (κ1) is 16.7. The summed E-state index contributed by atoms with van der Waals surface area (Å²) in [4.78, 5) is 22.5. The Hall–Kier alpha value is -2.63. The molecule has 0 fully saturated rings. The van der Waals surface area contributed by atoms with Gasteiger partial charge in [-0.3, -0.25) is 9.59 Å². The number of carbonyl (C=O) groups is 2. The quantitative estimate of drug-likeness (QED) is 0.858. The zero-order valence-corrected chi connectivity index (χ0v) is 13.5. The van der Waals surface area contributed by atoms with Crippen molar-refractivity contribution in [3.05, 3.63) is 41.6 Å². The van der Waals surface area contributed by atoms with Gasteiger partial charge in [0.15, 0.2) is 0 Å². The van der Waals surface area contributed by atoms with Crippen LogP contribution in [0.5, 0.6) is 0 Å². The second-order valence-corrected chi connectivity index (χ2v) is 5.80. The monoisotopic (exact) mass is 315 g/mol. The molecule has 0 aliphatic heterocycles. The Bertz CT molecular complexity index is 702. The first-order chi connectivity index (χ1) is 10.9. The molecule has 6 heteroatoms. The van der Waals surface area contributed by atoms with Crippen LogP contribution in [-0.2, 0) is 9.59 Å². The summed E-state index contributed by atoms with van der Waals surface area (Å²) in [5.74, 6) is -0.560. The van der Waals surface area contributed by atoms with Gasteiger partial charge in [0.1, 0.15) is 5.82 Å². The number of hydrogen-bond acceptors (Lipinski definition) is 3. The Balaban J connectivity index is 2.28. The molecular weight excluding hydrogens is 294 g/mol. The smallest absolute Gasteiger partial charge is 0.303 e. The average Bonchev–Trinajstić information content (AvgIpc) is 2.90. The predicted octanol–water partition coefficient (Wildman–Crippen LogP) is 3.11. The van der Waals surface area contributed by atoms with Crippen molar-refractivity contribution in [2.75, 3.05) is 5.32 Å². The van der Waals surface area contributed by atoms with E-state index in [1.54, 1.807) is 4.68 Å². The number of aromatic nitrogens is 2. The van der Waals surface area contributed by atoms with Crippen LogP contribution < -0.4 is 5.32 Å². The second-order valence-electron chi connectivity index (χ2n) is 5.80. The van der Waals surface area contributed by atoms with Crippen LogP contribution in [0.4, 0.5) is 5.82 Å². The van der Waals surface area contributed by atoms with Crippen molar-refractivity contribution in [1.82, 2.24) is 9.78 Å². The fraction of sp³-hybridized carbons (Fsp3) is 0.353. The largest absolute Gasteiger partial charge is 0.481 e. The highest BCUT2D eigenvalue weighted by Gasteiger charge is 2.15. The van der Waals surface area contributed by atoms with Gasteiger partial charge in [-0.15, -0.1) is 0 Å². The van der Waals surface area contributed by atoms with Gasteiger partial charge in [-0.2, -0.15) is 5.10 Å². The van der Waals surface area contributed by atoms with Crippen LogP contribution >= 0.6 is 0 Å². The van der Waals surface area contributed by atoms with Crippen molar-refractivity contribution >= 4 is 17.7 Å². The van der Waals surface area contributed by atoms with E-state index in [4.69, 9.17) is 5.11 Å². The molecule has 2 N–H and O–H groups in total. The van der Waals surface area contributed by atoms with Crippen LogP contribution in [0, 0.1) is 6.92 Å². The topological polar surface area (TPSA) is 84.2 Å². The first-order valence-corrected chi connectivity index (χ1v) is 7.55. The zero-order chi connectivity index (χ0) is 17.0. The van der Waals surface area contributed by atoms with Gasteiger partial charge in [0.05, 0.1) is 17.8 Å². The fourth-order valence-corrected chi connectivity index (χ4v) is 2.08. The Labute approximate surface area is 135 Å². The number of hydrogen-bond donors (Lipinski definition) is 2. The van der Waals surface area contributed by atoms with E-state index in [9.17, 15) is 9.59 Å². The number of benzene rings is 1. The lowest BCUT2D eigenvalue weighted by Crippen LogP contribution is -2.16. The summed E-state index contributed by atoms with van der Waals surface area (Å²) in [6, 6.07) is 9.63. The lowest BCUT2D eigenvalue weighted by molar-refractivity contribution is -0.138. The van der Waals surface area contributed by atoms with Gasteiger partial charge in [0, 0.05) is 12.5 Å². The summed E-state index contributed by atoms with van der Waals surface area (Å²) >= 11 is 0. The normalized spacial score (nSPS) is 10.8. The van der Waals surface area contributed by atoms with Crippen LogP contribution in [0.15, 0.2) is 30.3 Å². The molecule has 1 aromatic carbocycles. The van der Waals surface area contributed by atoms with Gasteiger partial charge in [-0.1, -0.05) is 31.5 Å². The number of amides is 1. The minimum Gasteiger partial charge on any atom is -0.481 e. The van der Waals surface area contributed by atoms with E-state index >= 15 is 0 Å². The molecule has 0 radical (unpaired) electrons. The summed E-state index contributed by atoms with van der Waals surface area (Å²) < 4.78 is 1.67. The number of nitrogens with zero attached hydrogens (tertiary/aromatic N) is 2. The molecule has 0 aliphatic carbocycles. The van der Waals surface area contributed by atoms with Crippen molar-refractivity contribution in [1.29, 1.82) is 0 Å². The van der Waals surface area contributed by atoms with Crippen LogP contribution in [0.3, 0.4) is 0 Å². The number of nitrogens with one attached hydrogen (secondary N) is 1. The molecule has 1 aromatic heterocycles. The molecule has 6 nitrogen and oxygen atoms in total. The first-order valence-electron chi connectivity index (χ1n) is 7.55. The standard InChI is InChI=1S/C17H21N3O3/c1-11(2)14-10-15(18-16(21)8-9-17(22)23)20(19-14)13-6-4-12(3)5-7-13/h4-7,10-11H,8-9H2,1-3H3,(H,18,21)(H,22,23). The van der Waals surface area contributed by atoms with Crippen LogP contribution in [0.2, 0.25) is 0 Å². The number of rotatable bonds is 6. The van der Waals surface area contributed by atoms with Gasteiger partial charge >= 0.3 is 5.97 Å². The highest BCUT2D eigenvalue weighted by atomic mass is 16.4. The van der Waals surface area contributed by atoms with Crippen molar-refractivity contribution in [3.8, 4) is 5.69 Å². The van der Waals surface area contributed by atoms with E-state index in [-0.39, 0.29) is 24.7 Å². The predicted molar refractivity (Wildman–Crippen MR) is 87.9 cm³/mol. The molecule has 0 atom stereocenters. The van der Waals surface area contributed by atoms with Crippen molar-refractivity contribution in [2.45, 2.75) is 39.5 Å². The molecular formula is C17H21N3O3. The van der Waals surface area contributed by atoms with Gasteiger partial charge in [0.2, 0.25) is 5.91 Å². The number of carboxylic acid groups (broad SMARTS) is 1. The van der Waals surface area contributed by atoms with Gasteiger partial charge in [0.25, 0.3) is 0 Å². The highest BCUT2D eigenvalue weighted by molar-refractivity contribution is 5.92. The number of carbonyl (C=O) groups excluding carboxylic acids is 1. The minimum absolute atomic E-state index is 0.0641. The molecule has 0 saturated carbocycles. The molecule has 122 valence electrons. The summed E-state index contributed by atoms with van der Waals surface area (Å²) in [5, 5.41) is 16.0. The minimum atomic E-state index is -0.991. The molecule has 0 aliphatic rings. The number of anilines is 1. The third-order valence-corrected chi connectivity index (χ3v) is 3.43. The third-order valence-electron chi connectivity index (χ3n) is 3.43. The molecule has 1 heterocycles. The average molecular weight is 315 g/mol. The lowest BCUT2D eigenvalue weighted by atomic mass is 10.1. The second kappa shape index (κ2) is 7.09.